The predicted molar refractivity (Wildman–Crippen MR) is 63.2 cm³/mol. The number of halogens is 2. The number of rotatable bonds is 6. The molecule has 0 radical (unpaired) electrons. The van der Waals surface area contributed by atoms with Crippen molar-refractivity contribution in [3.63, 3.8) is 0 Å². The Labute approximate surface area is 109 Å². The van der Waals surface area contributed by atoms with E-state index in [1.54, 1.807) is 13.1 Å². The van der Waals surface area contributed by atoms with E-state index in [4.69, 9.17) is 0 Å². The molecule has 5 nitrogen and oxygen atoms in total. The lowest BCUT2D eigenvalue weighted by Gasteiger charge is -2.17. The van der Waals surface area contributed by atoms with Crippen molar-refractivity contribution in [2.75, 3.05) is 7.05 Å². The van der Waals surface area contributed by atoms with E-state index < -0.39 is 6.61 Å². The van der Waals surface area contributed by atoms with Crippen molar-refractivity contribution in [3.8, 4) is 5.75 Å². The lowest BCUT2D eigenvalue weighted by Crippen LogP contribution is -2.40. The van der Waals surface area contributed by atoms with Gasteiger partial charge in [0.1, 0.15) is 5.75 Å². The summed E-state index contributed by atoms with van der Waals surface area (Å²) in [7, 11) is 1.66. The van der Waals surface area contributed by atoms with Crippen LogP contribution in [0.4, 0.5) is 8.78 Å². The summed E-state index contributed by atoms with van der Waals surface area (Å²) in [5.41, 5.74) is 3.55. The maximum atomic E-state index is 11.9. The number of ether oxygens (including phenoxy) is 1. The molecule has 0 aliphatic heterocycles. The largest absolute Gasteiger partial charge is 0.433 e. The summed E-state index contributed by atoms with van der Waals surface area (Å²) in [6, 6.07) is 2.99. The second-order valence-corrected chi connectivity index (χ2v) is 4.37. The number of carbonyl (C=O) groups excluding carboxylic acids is 1. The van der Waals surface area contributed by atoms with E-state index in [9.17, 15) is 13.6 Å². The number of pyridine rings is 1. The number of alkyl halides is 2. The summed E-state index contributed by atoms with van der Waals surface area (Å²) in [5, 5.41) is 1.45. The molecule has 1 heterocycles. The average molecular weight is 271 g/mol. The first kappa shape index (κ1) is 13.7. The topological polar surface area (TPSA) is 54.5 Å². The number of hydrogen-bond acceptors (Lipinski definition) is 4. The molecule has 0 bridgehead atoms. The number of nitrogens with one attached hydrogen (secondary N) is 1. The molecule has 0 atom stereocenters. The summed E-state index contributed by atoms with van der Waals surface area (Å²) in [5.74, 6) is 0.228. The van der Waals surface area contributed by atoms with E-state index in [0.717, 1.165) is 12.8 Å². The van der Waals surface area contributed by atoms with Crippen LogP contribution in [0, 0.1) is 5.92 Å². The summed E-state index contributed by atoms with van der Waals surface area (Å²) < 4.78 is 28.1. The number of aromatic nitrogens is 1. The van der Waals surface area contributed by atoms with Crippen LogP contribution in [0.15, 0.2) is 18.3 Å². The fraction of sp³-hybridized carbons (Fsp3) is 0.500. The first-order chi connectivity index (χ1) is 9.06. The zero-order valence-electron chi connectivity index (χ0n) is 10.5. The van der Waals surface area contributed by atoms with E-state index in [1.807, 2.05) is 0 Å². The van der Waals surface area contributed by atoms with Crippen LogP contribution >= 0.6 is 0 Å². The number of amides is 1. The predicted octanol–water partition coefficient (Wildman–Crippen LogP) is 1.56. The Morgan fingerprint density at radius 2 is 2.32 bits per heavy atom. The van der Waals surface area contributed by atoms with Crippen molar-refractivity contribution in [3.05, 3.63) is 24.0 Å². The van der Waals surface area contributed by atoms with Gasteiger partial charge in [-0.3, -0.25) is 14.8 Å². The Hall–Kier alpha value is -1.76. The molecule has 1 fully saturated rings. The van der Waals surface area contributed by atoms with Crippen molar-refractivity contribution in [2.24, 2.45) is 5.92 Å². The van der Waals surface area contributed by atoms with Gasteiger partial charge in [0, 0.05) is 13.0 Å². The molecule has 19 heavy (non-hydrogen) atoms. The van der Waals surface area contributed by atoms with Crippen molar-refractivity contribution in [1.82, 2.24) is 15.4 Å². The zero-order valence-corrected chi connectivity index (χ0v) is 10.5. The smallest absolute Gasteiger partial charge is 0.387 e. The molecule has 0 spiro atoms. The van der Waals surface area contributed by atoms with E-state index in [1.165, 1.54) is 17.3 Å². The third-order valence-electron chi connectivity index (χ3n) is 2.78. The van der Waals surface area contributed by atoms with Gasteiger partial charge in [-0.1, -0.05) is 0 Å². The van der Waals surface area contributed by atoms with Gasteiger partial charge in [-0.2, -0.15) is 8.78 Å². The molecule has 1 N–H and O–H groups in total. The molecule has 0 unspecified atom stereocenters. The Kier molecular flexibility index (Phi) is 4.26. The Morgan fingerprint density at radius 1 is 1.58 bits per heavy atom. The first-order valence-corrected chi connectivity index (χ1v) is 5.97. The number of hydrazine groups is 1. The fourth-order valence-electron chi connectivity index (χ4n) is 1.57. The highest BCUT2D eigenvalue weighted by molar-refractivity contribution is 5.80. The van der Waals surface area contributed by atoms with Crippen LogP contribution in [0.5, 0.6) is 5.75 Å². The zero-order chi connectivity index (χ0) is 13.8. The lowest BCUT2D eigenvalue weighted by molar-refractivity contribution is -0.134. The minimum atomic E-state index is -2.85. The second kappa shape index (κ2) is 5.92. The van der Waals surface area contributed by atoms with Crippen LogP contribution in [0.25, 0.3) is 0 Å². The normalized spacial score (nSPS) is 14.5. The van der Waals surface area contributed by atoms with Crippen LogP contribution in [0.1, 0.15) is 18.5 Å². The summed E-state index contributed by atoms with van der Waals surface area (Å²) in [4.78, 5) is 15.6. The molecule has 1 aliphatic carbocycles. The van der Waals surface area contributed by atoms with Crippen molar-refractivity contribution >= 4 is 5.91 Å². The molecule has 7 heteroatoms. The maximum Gasteiger partial charge on any atom is 0.387 e. The monoisotopic (exact) mass is 271 g/mol. The van der Waals surface area contributed by atoms with Gasteiger partial charge >= 0.3 is 6.61 Å². The Morgan fingerprint density at radius 3 is 2.84 bits per heavy atom. The summed E-state index contributed by atoms with van der Waals surface area (Å²) >= 11 is 0. The minimum absolute atomic E-state index is 0.0150. The average Bonchev–Trinajstić information content (AvgIpc) is 3.20. The molecular weight excluding hydrogens is 256 g/mol. The molecule has 1 aromatic rings. The number of hydrogen-bond donors (Lipinski definition) is 1. The Balaban J connectivity index is 1.80. The molecule has 0 aromatic carbocycles. The van der Waals surface area contributed by atoms with Crippen molar-refractivity contribution in [1.29, 1.82) is 0 Å². The molecule has 1 amide bonds. The van der Waals surface area contributed by atoms with Crippen LogP contribution in [0.2, 0.25) is 0 Å². The van der Waals surface area contributed by atoms with Crippen LogP contribution in [-0.2, 0) is 11.3 Å². The molecule has 1 aliphatic rings. The first-order valence-electron chi connectivity index (χ1n) is 5.97. The maximum absolute atomic E-state index is 11.9. The number of carbonyl (C=O) groups is 1. The SMILES string of the molecule is CN(NCc1ccc(OC(F)F)cn1)C(=O)C1CC1. The van der Waals surface area contributed by atoms with Gasteiger partial charge < -0.3 is 4.74 Å². The van der Waals surface area contributed by atoms with Gasteiger partial charge in [0.2, 0.25) is 5.91 Å². The highest BCUT2D eigenvalue weighted by Gasteiger charge is 2.31. The van der Waals surface area contributed by atoms with E-state index in [0.29, 0.717) is 12.2 Å². The van der Waals surface area contributed by atoms with Gasteiger partial charge in [-0.05, 0) is 25.0 Å². The Bertz CT molecular complexity index is 435. The summed E-state index contributed by atoms with van der Waals surface area (Å²) in [6.45, 7) is -2.50. The van der Waals surface area contributed by atoms with Gasteiger partial charge in [0.25, 0.3) is 0 Å². The molecule has 1 aromatic heterocycles. The number of nitrogens with zero attached hydrogens (tertiary/aromatic N) is 2. The van der Waals surface area contributed by atoms with Gasteiger partial charge in [-0.25, -0.2) is 5.43 Å². The van der Waals surface area contributed by atoms with E-state index in [-0.39, 0.29) is 17.6 Å². The third-order valence-corrected chi connectivity index (χ3v) is 2.78. The molecule has 2 rings (SSSR count). The minimum Gasteiger partial charge on any atom is -0.433 e. The van der Waals surface area contributed by atoms with Crippen molar-refractivity contribution < 1.29 is 18.3 Å². The molecule has 0 saturated heterocycles. The van der Waals surface area contributed by atoms with Crippen LogP contribution in [-0.4, -0.2) is 29.6 Å². The van der Waals surface area contributed by atoms with Gasteiger partial charge in [-0.15, -0.1) is 0 Å². The van der Waals surface area contributed by atoms with E-state index >= 15 is 0 Å². The lowest BCUT2D eigenvalue weighted by atomic mass is 10.3. The summed E-state index contributed by atoms with van der Waals surface area (Å²) in [6.07, 6.45) is 3.12. The van der Waals surface area contributed by atoms with Gasteiger partial charge in [0.15, 0.2) is 0 Å². The molecular formula is C12H15F2N3O2. The van der Waals surface area contributed by atoms with Crippen LogP contribution in [0.3, 0.4) is 0 Å². The standard InChI is InChI=1S/C12H15F2N3O2/c1-17(11(18)8-2-3-8)16-6-9-4-5-10(7-15-9)19-12(13)14/h4-5,7-8,12,16H,2-3,6H2,1H3. The second-order valence-electron chi connectivity index (χ2n) is 4.37. The fourth-order valence-corrected chi connectivity index (χ4v) is 1.57. The quantitative estimate of drug-likeness (QED) is 0.798. The van der Waals surface area contributed by atoms with E-state index in [2.05, 4.69) is 15.1 Å². The molecule has 1 saturated carbocycles. The van der Waals surface area contributed by atoms with Crippen molar-refractivity contribution in [2.45, 2.75) is 26.0 Å². The molecule has 104 valence electrons. The van der Waals surface area contributed by atoms with Crippen LogP contribution < -0.4 is 10.2 Å². The highest BCUT2D eigenvalue weighted by atomic mass is 19.3. The van der Waals surface area contributed by atoms with Gasteiger partial charge in [0.05, 0.1) is 18.4 Å². The highest BCUT2D eigenvalue weighted by Crippen LogP contribution is 2.30. The third kappa shape index (κ3) is 4.13.